The quantitative estimate of drug-likeness (QED) is 0.516. The molecule has 0 aromatic heterocycles. The first-order valence-corrected chi connectivity index (χ1v) is 8.97. The second-order valence-corrected chi connectivity index (χ2v) is 6.27. The molecule has 0 heterocycles. The molecule has 0 saturated carbocycles. The third-order valence-corrected chi connectivity index (χ3v) is 5.22. The van der Waals surface area contributed by atoms with Crippen LogP contribution in [0.5, 0.6) is 0 Å². The molecular weight excluding hydrogens is 254 g/mol. The van der Waals surface area contributed by atoms with E-state index in [0.29, 0.717) is 6.04 Å². The van der Waals surface area contributed by atoms with Gasteiger partial charge in [0.2, 0.25) is 0 Å². The van der Waals surface area contributed by atoms with Crippen LogP contribution in [-0.4, -0.2) is 13.1 Å². The Balaban J connectivity index is 2.76. The van der Waals surface area contributed by atoms with Crippen molar-refractivity contribution in [1.82, 2.24) is 5.32 Å². The van der Waals surface area contributed by atoms with E-state index in [1.165, 1.54) is 56.9 Å². The number of likely N-dealkylation sites (N-methyl/N-ethyl adjacent to an activating group) is 1. The van der Waals surface area contributed by atoms with E-state index in [4.69, 9.17) is 0 Å². The molecule has 0 aliphatic carbocycles. The molecule has 0 spiro atoms. The van der Waals surface area contributed by atoms with Crippen LogP contribution in [0.1, 0.15) is 77.7 Å². The van der Waals surface area contributed by atoms with Crippen molar-refractivity contribution in [2.45, 2.75) is 83.6 Å². The van der Waals surface area contributed by atoms with Gasteiger partial charge in [-0.3, -0.25) is 0 Å². The summed E-state index contributed by atoms with van der Waals surface area (Å²) in [6.45, 7) is 6.97. The minimum atomic E-state index is 0.279. The molecule has 0 aliphatic heterocycles. The van der Waals surface area contributed by atoms with Crippen molar-refractivity contribution < 1.29 is 0 Å². The number of hydrogen-bond acceptors (Lipinski definition) is 1. The summed E-state index contributed by atoms with van der Waals surface area (Å²) in [5.74, 6) is 0. The Morgan fingerprint density at radius 2 is 1.52 bits per heavy atom. The molecule has 1 nitrogen and oxygen atoms in total. The van der Waals surface area contributed by atoms with Crippen LogP contribution in [0.15, 0.2) is 30.3 Å². The third-order valence-electron chi connectivity index (χ3n) is 5.22. The molecule has 0 saturated heterocycles. The normalized spacial score (nSPS) is 13.3. The fourth-order valence-corrected chi connectivity index (χ4v) is 3.77. The summed E-state index contributed by atoms with van der Waals surface area (Å²) in [6, 6.07) is 11.7. The van der Waals surface area contributed by atoms with Crippen molar-refractivity contribution >= 4 is 0 Å². The second-order valence-electron chi connectivity index (χ2n) is 6.27. The van der Waals surface area contributed by atoms with Gasteiger partial charge in [-0.15, -0.1) is 0 Å². The minimum Gasteiger partial charge on any atom is -0.316 e. The van der Waals surface area contributed by atoms with Crippen LogP contribution < -0.4 is 5.32 Å². The maximum atomic E-state index is 3.63. The Labute approximate surface area is 132 Å². The molecule has 1 aromatic rings. The van der Waals surface area contributed by atoms with Gasteiger partial charge >= 0.3 is 0 Å². The van der Waals surface area contributed by atoms with E-state index in [0.717, 1.165) is 0 Å². The van der Waals surface area contributed by atoms with Crippen LogP contribution in [0.2, 0.25) is 0 Å². The zero-order valence-corrected chi connectivity index (χ0v) is 14.6. The van der Waals surface area contributed by atoms with Gasteiger partial charge < -0.3 is 5.32 Å². The number of nitrogens with one attached hydrogen (secondary N) is 1. The van der Waals surface area contributed by atoms with Crippen molar-refractivity contribution in [3.05, 3.63) is 35.9 Å². The Kier molecular flexibility index (Phi) is 8.68. The van der Waals surface area contributed by atoms with Crippen LogP contribution in [0.25, 0.3) is 0 Å². The van der Waals surface area contributed by atoms with Gasteiger partial charge in [0.15, 0.2) is 0 Å². The smallest absolute Gasteiger partial charge is 0.0161 e. The third kappa shape index (κ3) is 4.85. The molecule has 120 valence electrons. The molecule has 0 bridgehead atoms. The molecular formula is C20H35N. The van der Waals surface area contributed by atoms with Crippen LogP contribution in [0.4, 0.5) is 0 Å². The largest absolute Gasteiger partial charge is 0.316 e. The van der Waals surface area contributed by atoms with E-state index in [1.54, 1.807) is 0 Å². The number of benzene rings is 1. The first-order valence-electron chi connectivity index (χ1n) is 8.97. The van der Waals surface area contributed by atoms with Gasteiger partial charge in [0.05, 0.1) is 0 Å². The fraction of sp³-hybridized carbons (Fsp3) is 0.700. The Morgan fingerprint density at radius 1 is 0.905 bits per heavy atom. The highest BCUT2D eigenvalue weighted by molar-refractivity contribution is 5.27. The summed E-state index contributed by atoms with van der Waals surface area (Å²) in [4.78, 5) is 0. The molecule has 0 aliphatic rings. The van der Waals surface area contributed by atoms with Crippen LogP contribution in [0.3, 0.4) is 0 Å². The molecule has 1 unspecified atom stereocenters. The lowest BCUT2D eigenvalue weighted by molar-refractivity contribution is 0.264. The molecule has 0 fully saturated rings. The van der Waals surface area contributed by atoms with Crippen LogP contribution in [0, 0.1) is 0 Å². The average molecular weight is 290 g/mol. The molecule has 1 heteroatoms. The average Bonchev–Trinajstić information content (AvgIpc) is 2.55. The van der Waals surface area contributed by atoms with Crippen molar-refractivity contribution in [1.29, 1.82) is 0 Å². The van der Waals surface area contributed by atoms with Gasteiger partial charge in [0, 0.05) is 11.5 Å². The summed E-state index contributed by atoms with van der Waals surface area (Å²) >= 11 is 0. The number of hydrogen-bond donors (Lipinski definition) is 1. The molecule has 1 atom stereocenters. The van der Waals surface area contributed by atoms with Gasteiger partial charge in [0.1, 0.15) is 0 Å². The Morgan fingerprint density at radius 3 is 2.05 bits per heavy atom. The van der Waals surface area contributed by atoms with E-state index in [1.807, 2.05) is 0 Å². The van der Waals surface area contributed by atoms with Gasteiger partial charge in [-0.05, 0) is 31.9 Å². The van der Waals surface area contributed by atoms with E-state index >= 15 is 0 Å². The van der Waals surface area contributed by atoms with Gasteiger partial charge in [-0.25, -0.2) is 0 Å². The van der Waals surface area contributed by atoms with Crippen LogP contribution >= 0.6 is 0 Å². The number of unbranched alkanes of at least 4 members (excludes halogenated alkanes) is 4. The lowest BCUT2D eigenvalue weighted by Crippen LogP contribution is -2.46. The topological polar surface area (TPSA) is 12.0 Å². The minimum absolute atomic E-state index is 0.279. The van der Waals surface area contributed by atoms with Gasteiger partial charge in [-0.2, -0.15) is 0 Å². The van der Waals surface area contributed by atoms with E-state index in [9.17, 15) is 0 Å². The summed E-state index contributed by atoms with van der Waals surface area (Å²) < 4.78 is 0. The van der Waals surface area contributed by atoms with E-state index < -0.39 is 0 Å². The predicted octanol–water partition coefficient (Wildman–Crippen LogP) is 5.69. The lowest BCUT2D eigenvalue weighted by atomic mass is 9.68. The van der Waals surface area contributed by atoms with Crippen LogP contribution in [-0.2, 0) is 5.41 Å². The van der Waals surface area contributed by atoms with Crippen molar-refractivity contribution in [2.75, 3.05) is 7.05 Å². The summed E-state index contributed by atoms with van der Waals surface area (Å²) in [7, 11) is 2.14. The van der Waals surface area contributed by atoms with Crippen molar-refractivity contribution in [3.8, 4) is 0 Å². The fourth-order valence-electron chi connectivity index (χ4n) is 3.77. The highest BCUT2D eigenvalue weighted by atomic mass is 14.9. The molecule has 0 radical (unpaired) electrons. The number of rotatable bonds is 11. The molecule has 1 rings (SSSR count). The lowest BCUT2D eigenvalue weighted by Gasteiger charge is -2.40. The molecule has 1 N–H and O–H groups in total. The Bertz CT molecular complexity index is 353. The summed E-state index contributed by atoms with van der Waals surface area (Å²) in [5, 5.41) is 3.63. The highest BCUT2D eigenvalue weighted by Crippen LogP contribution is 2.37. The van der Waals surface area contributed by atoms with Crippen molar-refractivity contribution in [3.63, 3.8) is 0 Å². The SMILES string of the molecule is CCCCCCCC(NC)C(CC)(CC)c1ccccc1. The molecule has 1 aromatic carbocycles. The van der Waals surface area contributed by atoms with Gasteiger partial charge in [0.25, 0.3) is 0 Å². The van der Waals surface area contributed by atoms with Crippen molar-refractivity contribution in [2.24, 2.45) is 0 Å². The first-order chi connectivity index (χ1) is 10.2. The first kappa shape index (κ1) is 18.2. The maximum Gasteiger partial charge on any atom is 0.0161 e. The molecule has 21 heavy (non-hydrogen) atoms. The predicted molar refractivity (Wildman–Crippen MR) is 94.9 cm³/mol. The monoisotopic (exact) mass is 289 g/mol. The zero-order valence-electron chi connectivity index (χ0n) is 14.6. The molecule has 0 amide bonds. The van der Waals surface area contributed by atoms with Gasteiger partial charge in [-0.1, -0.05) is 83.2 Å². The summed E-state index contributed by atoms with van der Waals surface area (Å²) in [5.41, 5.74) is 1.78. The Hall–Kier alpha value is -0.820. The summed E-state index contributed by atoms with van der Waals surface area (Å²) in [6.07, 6.45) is 10.5. The second kappa shape index (κ2) is 10.00. The van der Waals surface area contributed by atoms with E-state index in [-0.39, 0.29) is 5.41 Å². The highest BCUT2D eigenvalue weighted by Gasteiger charge is 2.35. The maximum absolute atomic E-state index is 3.63. The standard InChI is InChI=1S/C20H35N/c1-5-8-9-10-14-17-19(21-4)20(6-2,7-3)18-15-12-11-13-16-18/h11-13,15-16,19,21H,5-10,14,17H2,1-4H3. The zero-order chi connectivity index (χ0) is 15.6. The van der Waals surface area contributed by atoms with E-state index in [2.05, 4.69) is 63.5 Å².